The average Bonchev–Trinajstić information content (AvgIpc) is 2.98. The third-order valence-electron chi connectivity index (χ3n) is 6.61. The van der Waals surface area contributed by atoms with E-state index < -0.39 is 21.4 Å². The standard InChI is InChI=1S/C24H28ClN3O4S/c1-24(2)20-13-19(10-11-21(20)27(3)23(24)30)33(31,32)28-12-4-5-17(15-28)22(29)26-14-16-6-8-18(25)9-7-16/h6-11,13,17H,4-5,12,14-15H2,1-3H3,(H,26,29)/t17-/m0/s1. The number of fused-ring (bicyclic) bond motifs is 1. The molecule has 7 nitrogen and oxygen atoms in total. The van der Waals surface area contributed by atoms with E-state index in [0.29, 0.717) is 36.5 Å². The molecule has 9 heteroatoms. The number of sulfonamides is 1. The molecule has 0 spiro atoms. The van der Waals surface area contributed by atoms with Gasteiger partial charge in [-0.25, -0.2) is 8.42 Å². The smallest absolute Gasteiger partial charge is 0.243 e. The monoisotopic (exact) mass is 489 g/mol. The van der Waals surface area contributed by atoms with Crippen LogP contribution in [0.15, 0.2) is 47.4 Å². The van der Waals surface area contributed by atoms with E-state index in [-0.39, 0.29) is 23.3 Å². The van der Waals surface area contributed by atoms with Crippen molar-refractivity contribution in [3.05, 3.63) is 58.6 Å². The predicted octanol–water partition coefficient (Wildman–Crippen LogP) is 3.31. The van der Waals surface area contributed by atoms with E-state index in [0.717, 1.165) is 11.3 Å². The summed E-state index contributed by atoms with van der Waals surface area (Å²) < 4.78 is 28.2. The largest absolute Gasteiger partial charge is 0.352 e. The van der Waals surface area contributed by atoms with Gasteiger partial charge in [-0.15, -0.1) is 0 Å². The number of benzene rings is 2. The van der Waals surface area contributed by atoms with Gasteiger partial charge in [-0.1, -0.05) is 23.7 Å². The van der Waals surface area contributed by atoms with Crippen LogP contribution in [0.25, 0.3) is 0 Å². The number of piperidine rings is 1. The maximum Gasteiger partial charge on any atom is 0.243 e. The first kappa shape index (κ1) is 23.7. The number of nitrogens with one attached hydrogen (secondary N) is 1. The van der Waals surface area contributed by atoms with Crippen molar-refractivity contribution in [3.63, 3.8) is 0 Å². The third-order valence-corrected chi connectivity index (χ3v) is 8.73. The Hall–Kier alpha value is -2.42. The molecule has 1 atom stereocenters. The van der Waals surface area contributed by atoms with Crippen LogP contribution >= 0.6 is 11.6 Å². The van der Waals surface area contributed by atoms with Gasteiger partial charge >= 0.3 is 0 Å². The number of rotatable bonds is 5. The van der Waals surface area contributed by atoms with Gasteiger partial charge in [0.15, 0.2) is 0 Å². The van der Waals surface area contributed by atoms with Crippen LogP contribution in [-0.2, 0) is 31.6 Å². The summed E-state index contributed by atoms with van der Waals surface area (Å²) in [5.74, 6) is -0.644. The van der Waals surface area contributed by atoms with Crippen LogP contribution in [0.4, 0.5) is 5.69 Å². The minimum Gasteiger partial charge on any atom is -0.352 e. The molecule has 33 heavy (non-hydrogen) atoms. The fraction of sp³-hybridized carbons (Fsp3) is 0.417. The Morgan fingerprint density at radius 3 is 2.58 bits per heavy atom. The second-order valence-electron chi connectivity index (χ2n) is 9.21. The van der Waals surface area contributed by atoms with E-state index in [1.54, 1.807) is 56.1 Å². The molecule has 0 saturated carbocycles. The summed E-state index contributed by atoms with van der Waals surface area (Å²) in [6, 6.07) is 12.1. The van der Waals surface area contributed by atoms with Crippen LogP contribution in [0, 0.1) is 5.92 Å². The number of anilines is 1. The van der Waals surface area contributed by atoms with Crippen LogP contribution in [0.2, 0.25) is 5.02 Å². The van der Waals surface area contributed by atoms with Crippen molar-refractivity contribution in [2.75, 3.05) is 25.0 Å². The molecule has 1 N–H and O–H groups in total. The Kier molecular flexibility index (Phi) is 6.28. The molecule has 2 aliphatic heterocycles. The van der Waals surface area contributed by atoms with Crippen molar-refractivity contribution >= 4 is 39.1 Å². The number of halogens is 1. The molecule has 1 saturated heterocycles. The summed E-state index contributed by atoms with van der Waals surface area (Å²) in [5, 5.41) is 3.54. The Morgan fingerprint density at radius 1 is 1.18 bits per heavy atom. The molecule has 176 valence electrons. The highest BCUT2D eigenvalue weighted by atomic mass is 35.5. The molecule has 2 heterocycles. The van der Waals surface area contributed by atoms with Crippen LogP contribution < -0.4 is 10.2 Å². The first-order chi connectivity index (χ1) is 15.5. The van der Waals surface area contributed by atoms with Gasteiger partial charge in [0.1, 0.15) is 0 Å². The number of hydrogen-bond donors (Lipinski definition) is 1. The summed E-state index contributed by atoms with van der Waals surface area (Å²) >= 11 is 5.90. The fourth-order valence-electron chi connectivity index (χ4n) is 4.57. The molecule has 0 aromatic heterocycles. The molecular formula is C24H28ClN3O4S. The predicted molar refractivity (Wildman–Crippen MR) is 128 cm³/mol. The van der Waals surface area contributed by atoms with E-state index in [1.165, 1.54) is 4.31 Å². The normalized spacial score (nSPS) is 20.5. The minimum atomic E-state index is -3.80. The van der Waals surface area contributed by atoms with Crippen LogP contribution in [-0.4, -0.2) is 44.7 Å². The molecule has 0 radical (unpaired) electrons. The maximum absolute atomic E-state index is 13.4. The molecule has 2 amide bonds. The molecule has 0 aliphatic carbocycles. The molecule has 0 bridgehead atoms. The van der Waals surface area contributed by atoms with E-state index in [4.69, 9.17) is 11.6 Å². The van der Waals surface area contributed by atoms with E-state index in [9.17, 15) is 18.0 Å². The molecule has 2 aliphatic rings. The van der Waals surface area contributed by atoms with Crippen molar-refractivity contribution in [1.82, 2.24) is 9.62 Å². The van der Waals surface area contributed by atoms with Gasteiger partial charge in [0.25, 0.3) is 0 Å². The number of hydrogen-bond acceptors (Lipinski definition) is 4. The highest BCUT2D eigenvalue weighted by Crippen LogP contribution is 2.42. The van der Waals surface area contributed by atoms with E-state index >= 15 is 0 Å². The Labute approximate surface area is 199 Å². The van der Waals surface area contributed by atoms with Crippen molar-refractivity contribution < 1.29 is 18.0 Å². The highest BCUT2D eigenvalue weighted by molar-refractivity contribution is 7.89. The fourth-order valence-corrected chi connectivity index (χ4v) is 6.25. The summed E-state index contributed by atoms with van der Waals surface area (Å²) in [4.78, 5) is 27.0. The summed E-state index contributed by atoms with van der Waals surface area (Å²) in [7, 11) is -2.10. The third kappa shape index (κ3) is 4.39. The van der Waals surface area contributed by atoms with Crippen molar-refractivity contribution in [3.8, 4) is 0 Å². The quantitative estimate of drug-likeness (QED) is 0.698. The van der Waals surface area contributed by atoms with Crippen molar-refractivity contribution in [2.45, 2.75) is 43.5 Å². The summed E-state index contributed by atoms with van der Waals surface area (Å²) in [6.45, 7) is 4.46. The van der Waals surface area contributed by atoms with Crippen LogP contribution in [0.1, 0.15) is 37.8 Å². The summed E-state index contributed by atoms with van der Waals surface area (Å²) in [6.07, 6.45) is 1.24. The van der Waals surface area contributed by atoms with Gasteiger partial charge in [0.2, 0.25) is 21.8 Å². The number of likely N-dealkylation sites (N-methyl/N-ethyl adjacent to an activating group) is 1. The minimum absolute atomic E-state index is 0.0672. The SMILES string of the molecule is CN1C(=O)C(C)(C)c2cc(S(=O)(=O)N3CCC[C@H](C(=O)NCc4ccc(Cl)cc4)C3)ccc21. The zero-order valence-corrected chi connectivity index (χ0v) is 20.5. The molecule has 2 aromatic carbocycles. The number of carbonyl (C=O) groups excluding carboxylic acids is 2. The number of amides is 2. The molecular weight excluding hydrogens is 462 g/mol. The van der Waals surface area contributed by atoms with Crippen LogP contribution in [0.5, 0.6) is 0 Å². The topological polar surface area (TPSA) is 86.8 Å². The molecule has 0 unspecified atom stereocenters. The van der Waals surface area contributed by atoms with E-state index in [2.05, 4.69) is 5.32 Å². The number of nitrogens with zero attached hydrogens (tertiary/aromatic N) is 2. The molecule has 2 aromatic rings. The zero-order valence-electron chi connectivity index (χ0n) is 19.0. The average molecular weight is 490 g/mol. The second-order valence-corrected chi connectivity index (χ2v) is 11.6. The van der Waals surface area contributed by atoms with Crippen LogP contribution in [0.3, 0.4) is 0 Å². The highest BCUT2D eigenvalue weighted by Gasteiger charge is 2.43. The lowest BCUT2D eigenvalue weighted by atomic mass is 9.86. The lowest BCUT2D eigenvalue weighted by Crippen LogP contribution is -2.45. The Morgan fingerprint density at radius 2 is 1.88 bits per heavy atom. The summed E-state index contributed by atoms with van der Waals surface area (Å²) in [5.41, 5.74) is 1.56. The lowest BCUT2D eigenvalue weighted by molar-refractivity contribution is -0.126. The Bertz CT molecular complexity index is 1190. The first-order valence-electron chi connectivity index (χ1n) is 11.0. The first-order valence-corrected chi connectivity index (χ1v) is 12.8. The van der Waals surface area contributed by atoms with Crippen molar-refractivity contribution in [2.24, 2.45) is 5.92 Å². The van der Waals surface area contributed by atoms with E-state index in [1.807, 2.05) is 12.1 Å². The van der Waals surface area contributed by atoms with Gasteiger partial charge in [0.05, 0.1) is 16.2 Å². The van der Waals surface area contributed by atoms with Gasteiger partial charge < -0.3 is 10.2 Å². The zero-order chi connectivity index (χ0) is 24.0. The lowest BCUT2D eigenvalue weighted by Gasteiger charge is -2.31. The van der Waals surface area contributed by atoms with Gasteiger partial charge in [-0.05, 0) is 68.1 Å². The van der Waals surface area contributed by atoms with Gasteiger partial charge in [0, 0.05) is 37.4 Å². The maximum atomic E-state index is 13.4. The second kappa shape index (κ2) is 8.74. The van der Waals surface area contributed by atoms with Crippen molar-refractivity contribution in [1.29, 1.82) is 0 Å². The molecule has 1 fully saturated rings. The number of carbonyl (C=O) groups is 2. The van der Waals surface area contributed by atoms with Gasteiger partial charge in [-0.2, -0.15) is 4.31 Å². The molecule has 4 rings (SSSR count). The van der Waals surface area contributed by atoms with Gasteiger partial charge in [-0.3, -0.25) is 9.59 Å². The Balaban J connectivity index is 1.49.